The summed E-state index contributed by atoms with van der Waals surface area (Å²) in [6.45, 7) is 3.56. The van der Waals surface area contributed by atoms with Gasteiger partial charge in [0.15, 0.2) is 0 Å². The van der Waals surface area contributed by atoms with Crippen molar-refractivity contribution in [3.8, 4) is 0 Å². The Morgan fingerprint density at radius 1 is 1.03 bits per heavy atom. The smallest absolute Gasteiger partial charge is 0.244 e. The summed E-state index contributed by atoms with van der Waals surface area (Å²) in [5, 5.41) is 3.52. The van der Waals surface area contributed by atoms with E-state index in [0.717, 1.165) is 23.4 Å². The summed E-state index contributed by atoms with van der Waals surface area (Å²) < 4.78 is 25.9. The van der Waals surface area contributed by atoms with Gasteiger partial charge in [-0.1, -0.05) is 60.8 Å². The molecule has 0 aliphatic carbocycles. The van der Waals surface area contributed by atoms with Crippen molar-refractivity contribution < 1.29 is 18.0 Å². The quantitative estimate of drug-likeness (QED) is 0.458. The van der Waals surface area contributed by atoms with Gasteiger partial charge in [-0.25, -0.2) is 8.42 Å². The van der Waals surface area contributed by atoms with Crippen LogP contribution in [0.1, 0.15) is 32.3 Å². The fraction of sp³-hybridized carbons (Fsp3) is 0.391. The maximum Gasteiger partial charge on any atom is 0.244 e. The summed E-state index contributed by atoms with van der Waals surface area (Å²) >= 11 is 12.6. The van der Waals surface area contributed by atoms with Crippen LogP contribution in [0.15, 0.2) is 48.5 Å². The molecular weight excluding hydrogens is 485 g/mol. The number of sulfonamides is 1. The fourth-order valence-electron chi connectivity index (χ4n) is 3.18. The highest BCUT2D eigenvalue weighted by Crippen LogP contribution is 2.27. The highest BCUT2D eigenvalue weighted by Gasteiger charge is 2.30. The first-order chi connectivity index (χ1) is 15.6. The van der Waals surface area contributed by atoms with E-state index in [2.05, 4.69) is 5.32 Å². The number of unbranched alkanes of at least 4 members (excludes halogenated alkanes) is 1. The number of amides is 2. The Hall–Kier alpha value is -2.29. The molecule has 2 aromatic carbocycles. The van der Waals surface area contributed by atoms with Gasteiger partial charge in [-0.2, -0.15) is 0 Å². The number of nitrogens with one attached hydrogen (secondary N) is 1. The van der Waals surface area contributed by atoms with E-state index in [-0.39, 0.29) is 12.5 Å². The lowest BCUT2D eigenvalue weighted by Gasteiger charge is -2.32. The van der Waals surface area contributed by atoms with Crippen LogP contribution in [0.2, 0.25) is 10.0 Å². The van der Waals surface area contributed by atoms with Crippen LogP contribution in [-0.2, 0) is 26.2 Å². The molecule has 0 aliphatic heterocycles. The number of nitrogens with zero attached hydrogens (tertiary/aromatic N) is 2. The monoisotopic (exact) mass is 513 g/mol. The molecule has 1 N–H and O–H groups in total. The van der Waals surface area contributed by atoms with Crippen molar-refractivity contribution in [3.05, 3.63) is 64.1 Å². The van der Waals surface area contributed by atoms with Crippen LogP contribution in [0.3, 0.4) is 0 Å². The predicted octanol–water partition coefficient (Wildman–Crippen LogP) is 4.09. The Morgan fingerprint density at radius 3 is 2.18 bits per heavy atom. The van der Waals surface area contributed by atoms with Crippen molar-refractivity contribution in [2.45, 2.75) is 39.3 Å². The van der Waals surface area contributed by atoms with Gasteiger partial charge >= 0.3 is 0 Å². The molecule has 0 saturated heterocycles. The molecule has 0 bridgehead atoms. The molecule has 33 heavy (non-hydrogen) atoms. The molecule has 0 radical (unpaired) electrons. The molecule has 1 atom stereocenters. The molecule has 0 heterocycles. The first kappa shape index (κ1) is 27.0. The van der Waals surface area contributed by atoms with Crippen molar-refractivity contribution >= 4 is 50.7 Å². The molecule has 10 heteroatoms. The third kappa shape index (κ3) is 7.62. The molecule has 2 aromatic rings. The van der Waals surface area contributed by atoms with Crippen molar-refractivity contribution in [3.63, 3.8) is 0 Å². The normalized spacial score (nSPS) is 12.2. The van der Waals surface area contributed by atoms with Gasteiger partial charge in [-0.15, -0.1) is 0 Å². The molecule has 0 aliphatic rings. The van der Waals surface area contributed by atoms with E-state index in [1.807, 2.05) is 6.92 Å². The molecule has 0 fully saturated rings. The lowest BCUT2D eigenvalue weighted by atomic mass is 10.1. The Bertz CT molecular complexity index is 1040. The van der Waals surface area contributed by atoms with Crippen LogP contribution in [0.25, 0.3) is 0 Å². The van der Waals surface area contributed by atoms with Gasteiger partial charge in [0.05, 0.1) is 11.9 Å². The SMILES string of the molecule is CCCCNC(=O)C(C)N(Cc1c(Cl)cccc1Cl)C(=O)CN(c1ccccc1)S(C)(=O)=O. The summed E-state index contributed by atoms with van der Waals surface area (Å²) in [5.41, 5.74) is 0.831. The lowest BCUT2D eigenvalue weighted by molar-refractivity contribution is -0.139. The summed E-state index contributed by atoms with van der Waals surface area (Å²) in [6.07, 6.45) is 2.75. The van der Waals surface area contributed by atoms with Crippen LogP contribution in [0.4, 0.5) is 5.69 Å². The maximum atomic E-state index is 13.4. The van der Waals surface area contributed by atoms with Gasteiger partial charge in [0.25, 0.3) is 0 Å². The standard InChI is InChI=1S/C23H29Cl2N3O4S/c1-4-5-14-26-23(30)17(2)27(15-19-20(24)12-9-13-21(19)25)22(29)16-28(33(3,31)32)18-10-7-6-8-11-18/h6-13,17H,4-5,14-16H2,1-3H3,(H,26,30). The zero-order valence-corrected chi connectivity index (χ0v) is 21.3. The minimum Gasteiger partial charge on any atom is -0.354 e. The average molecular weight is 514 g/mol. The number of halogens is 2. The van der Waals surface area contributed by atoms with E-state index in [4.69, 9.17) is 23.2 Å². The number of para-hydroxylation sites is 1. The third-order valence-electron chi connectivity index (χ3n) is 5.11. The van der Waals surface area contributed by atoms with E-state index in [1.165, 1.54) is 4.90 Å². The van der Waals surface area contributed by atoms with Gasteiger partial charge in [-0.05, 0) is 37.6 Å². The highest BCUT2D eigenvalue weighted by molar-refractivity contribution is 7.92. The van der Waals surface area contributed by atoms with Crippen LogP contribution in [0, 0.1) is 0 Å². The van der Waals surface area contributed by atoms with Crippen molar-refractivity contribution in [1.82, 2.24) is 10.2 Å². The molecule has 0 saturated carbocycles. The van der Waals surface area contributed by atoms with Gasteiger partial charge < -0.3 is 10.2 Å². The van der Waals surface area contributed by atoms with Crippen molar-refractivity contribution in [1.29, 1.82) is 0 Å². The minimum absolute atomic E-state index is 0.0495. The van der Waals surface area contributed by atoms with Gasteiger partial charge in [0, 0.05) is 28.7 Å². The Labute approximate surface area is 205 Å². The number of carbonyl (C=O) groups is 2. The molecule has 0 spiro atoms. The molecule has 2 rings (SSSR count). The number of rotatable bonds is 11. The molecule has 7 nitrogen and oxygen atoms in total. The summed E-state index contributed by atoms with van der Waals surface area (Å²) in [5.74, 6) is -0.899. The van der Waals surface area contributed by atoms with Crippen molar-refractivity contribution in [2.24, 2.45) is 0 Å². The second kappa shape index (κ2) is 12.3. The minimum atomic E-state index is -3.77. The third-order valence-corrected chi connectivity index (χ3v) is 6.96. The average Bonchev–Trinajstić information content (AvgIpc) is 2.76. The van der Waals surface area contributed by atoms with Crippen molar-refractivity contribution in [2.75, 3.05) is 23.7 Å². The van der Waals surface area contributed by atoms with Gasteiger partial charge in [-0.3, -0.25) is 13.9 Å². The molecule has 180 valence electrons. The molecule has 2 amide bonds. The van der Waals surface area contributed by atoms with E-state index >= 15 is 0 Å². The zero-order chi connectivity index (χ0) is 24.6. The second-order valence-corrected chi connectivity index (χ2v) is 10.4. The van der Waals surface area contributed by atoms with Crippen LogP contribution < -0.4 is 9.62 Å². The topological polar surface area (TPSA) is 86.8 Å². The summed E-state index contributed by atoms with van der Waals surface area (Å²) in [4.78, 5) is 27.5. The second-order valence-electron chi connectivity index (χ2n) is 7.65. The molecular formula is C23H29Cl2N3O4S. The van der Waals surface area contributed by atoms with Gasteiger partial charge in [0.2, 0.25) is 21.8 Å². The largest absolute Gasteiger partial charge is 0.354 e. The van der Waals surface area contributed by atoms with Crippen LogP contribution in [0.5, 0.6) is 0 Å². The fourth-order valence-corrected chi connectivity index (χ4v) is 4.55. The number of benzene rings is 2. The van der Waals surface area contributed by atoms with Crippen LogP contribution in [-0.4, -0.2) is 50.5 Å². The Morgan fingerprint density at radius 2 is 1.64 bits per heavy atom. The predicted molar refractivity (Wildman–Crippen MR) is 133 cm³/mol. The Balaban J connectivity index is 2.38. The molecule has 0 aromatic heterocycles. The zero-order valence-electron chi connectivity index (χ0n) is 18.9. The van der Waals surface area contributed by atoms with E-state index < -0.39 is 28.5 Å². The van der Waals surface area contributed by atoms with Gasteiger partial charge in [0.1, 0.15) is 12.6 Å². The molecule has 1 unspecified atom stereocenters. The maximum absolute atomic E-state index is 13.4. The number of carbonyl (C=O) groups excluding carboxylic acids is 2. The first-order valence-electron chi connectivity index (χ1n) is 10.6. The van der Waals surface area contributed by atoms with E-state index in [0.29, 0.717) is 27.8 Å². The van der Waals surface area contributed by atoms with E-state index in [1.54, 1.807) is 55.5 Å². The van der Waals surface area contributed by atoms with Crippen LogP contribution >= 0.6 is 23.2 Å². The number of hydrogen-bond acceptors (Lipinski definition) is 4. The first-order valence-corrected chi connectivity index (χ1v) is 13.2. The summed E-state index contributed by atoms with van der Waals surface area (Å²) in [6, 6.07) is 12.4. The van der Waals surface area contributed by atoms with E-state index in [9.17, 15) is 18.0 Å². The lowest BCUT2D eigenvalue weighted by Crippen LogP contribution is -2.51. The number of hydrogen-bond donors (Lipinski definition) is 1. The summed E-state index contributed by atoms with van der Waals surface area (Å²) in [7, 11) is -3.77. The number of anilines is 1. The highest BCUT2D eigenvalue weighted by atomic mass is 35.5. The Kier molecular flexibility index (Phi) is 10.0.